The summed E-state index contributed by atoms with van der Waals surface area (Å²) >= 11 is 0. The van der Waals surface area contributed by atoms with Crippen molar-refractivity contribution >= 4 is 0 Å². The van der Waals surface area contributed by atoms with Crippen molar-refractivity contribution in [3.63, 3.8) is 0 Å². The molecule has 18 nitrogen and oxygen atoms in total. The summed E-state index contributed by atoms with van der Waals surface area (Å²) in [5.41, 5.74) is -1.12. The van der Waals surface area contributed by atoms with Crippen molar-refractivity contribution in [1.29, 1.82) is 0 Å². The van der Waals surface area contributed by atoms with E-state index in [9.17, 15) is 61.3 Å². The van der Waals surface area contributed by atoms with E-state index in [0.717, 1.165) is 37.7 Å². The summed E-state index contributed by atoms with van der Waals surface area (Å²) in [5.74, 6) is -0.151. The van der Waals surface area contributed by atoms with E-state index in [-0.39, 0.29) is 39.9 Å². The van der Waals surface area contributed by atoms with Gasteiger partial charge in [-0.2, -0.15) is 0 Å². The number of aliphatic hydroxyl groups excluding tert-OH is 12. The summed E-state index contributed by atoms with van der Waals surface area (Å²) < 4.78 is 37.2. The number of aliphatic hydroxyl groups is 12. The fourth-order valence-corrected chi connectivity index (χ4v) is 14.9. The van der Waals surface area contributed by atoms with Crippen molar-refractivity contribution in [1.82, 2.24) is 0 Å². The van der Waals surface area contributed by atoms with Gasteiger partial charge in [-0.3, -0.25) is 0 Å². The van der Waals surface area contributed by atoms with E-state index in [1.807, 2.05) is 20.8 Å². The van der Waals surface area contributed by atoms with Crippen LogP contribution in [-0.4, -0.2) is 191 Å². The molecule has 0 aromatic carbocycles. The minimum atomic E-state index is -1.79. The summed E-state index contributed by atoms with van der Waals surface area (Å²) in [4.78, 5) is 0. The summed E-state index contributed by atoms with van der Waals surface area (Å²) in [7, 11) is 0. The predicted octanol–water partition coefficient (Wildman–Crippen LogP) is -0.0268. The lowest BCUT2D eigenvalue weighted by atomic mass is 9.35. The zero-order valence-corrected chi connectivity index (χ0v) is 40.0. The topological polar surface area (TPSA) is 298 Å². The van der Waals surface area contributed by atoms with Gasteiger partial charge in [0.25, 0.3) is 0 Å². The molecule has 0 radical (unpaired) electrons. The second-order valence-corrected chi connectivity index (χ2v) is 22.9. The van der Waals surface area contributed by atoms with Crippen LogP contribution in [0.4, 0.5) is 0 Å². The van der Waals surface area contributed by atoms with E-state index in [4.69, 9.17) is 28.4 Å². The molecule has 0 unspecified atom stereocenters. The van der Waals surface area contributed by atoms with E-state index in [1.54, 1.807) is 0 Å². The monoisotopic (exact) mass is 947 g/mol. The smallest absolute Gasteiger partial charge is 0.187 e. The van der Waals surface area contributed by atoms with Crippen LogP contribution in [0.25, 0.3) is 0 Å². The molecule has 0 amide bonds. The number of fused-ring (bicyclic) bond motifs is 5. The van der Waals surface area contributed by atoms with Crippen molar-refractivity contribution < 1.29 is 89.7 Å². The third-order valence-electron chi connectivity index (χ3n) is 18.8. The zero-order chi connectivity index (χ0) is 48.6. The summed E-state index contributed by atoms with van der Waals surface area (Å²) in [6, 6.07) is 0. The molecule has 66 heavy (non-hydrogen) atoms. The van der Waals surface area contributed by atoms with Crippen LogP contribution >= 0.6 is 0 Å². The molecule has 4 aliphatic carbocycles. The molecular weight excluding hydrogens is 865 g/mol. The van der Waals surface area contributed by atoms with Gasteiger partial charge in [0.2, 0.25) is 0 Å². The summed E-state index contributed by atoms with van der Waals surface area (Å²) in [6.45, 7) is 15.5. The van der Waals surface area contributed by atoms with Gasteiger partial charge in [0.05, 0.1) is 37.6 Å². The lowest BCUT2D eigenvalue weighted by molar-refractivity contribution is -0.378. The highest BCUT2D eigenvalue weighted by molar-refractivity contribution is 5.20. The normalized spacial score (nSPS) is 52.4. The summed E-state index contributed by atoms with van der Waals surface area (Å²) in [6.07, 6.45) is -15.4. The minimum absolute atomic E-state index is 0.0905. The Hall–Kier alpha value is -0.980. The van der Waals surface area contributed by atoms with Crippen LogP contribution in [0.5, 0.6) is 0 Å². The molecule has 0 aromatic rings. The molecule has 382 valence electrons. The highest BCUT2D eigenvalue weighted by atomic mass is 16.8. The second-order valence-electron chi connectivity index (χ2n) is 22.9. The Balaban J connectivity index is 1.13. The lowest BCUT2D eigenvalue weighted by Gasteiger charge is -2.71. The van der Waals surface area contributed by atoms with Gasteiger partial charge in [0, 0.05) is 0 Å². The van der Waals surface area contributed by atoms with Gasteiger partial charge in [-0.15, -0.1) is 0 Å². The minimum Gasteiger partial charge on any atom is -0.394 e. The Bertz CT molecular complexity index is 1680. The van der Waals surface area contributed by atoms with Crippen LogP contribution in [-0.2, 0) is 28.4 Å². The molecule has 3 saturated heterocycles. The molecule has 3 aliphatic heterocycles. The van der Waals surface area contributed by atoms with E-state index in [1.165, 1.54) is 0 Å². The third kappa shape index (κ3) is 8.79. The first-order valence-corrected chi connectivity index (χ1v) is 24.4. The lowest BCUT2D eigenvalue weighted by Crippen LogP contribution is -2.68. The van der Waals surface area contributed by atoms with Crippen molar-refractivity contribution in [3.05, 3.63) is 11.6 Å². The Morgan fingerprint density at radius 3 is 1.71 bits per heavy atom. The average molecular weight is 947 g/mol. The highest BCUT2D eigenvalue weighted by Crippen LogP contribution is 2.76. The van der Waals surface area contributed by atoms with E-state index in [0.29, 0.717) is 25.7 Å². The van der Waals surface area contributed by atoms with Gasteiger partial charge in [0.1, 0.15) is 73.2 Å². The van der Waals surface area contributed by atoms with Gasteiger partial charge in [0.15, 0.2) is 18.9 Å². The molecule has 0 aromatic heterocycles. The first-order valence-electron chi connectivity index (χ1n) is 24.4. The maximum atomic E-state index is 12.7. The molecule has 0 spiro atoms. The first-order chi connectivity index (χ1) is 30.8. The maximum Gasteiger partial charge on any atom is 0.187 e. The first kappa shape index (κ1) is 52.8. The molecule has 7 rings (SSSR count). The quantitative estimate of drug-likeness (QED) is 0.0853. The van der Waals surface area contributed by atoms with Crippen LogP contribution in [0, 0.1) is 45.3 Å². The van der Waals surface area contributed by atoms with Gasteiger partial charge in [-0.25, -0.2) is 0 Å². The van der Waals surface area contributed by atoms with Crippen LogP contribution in [0.2, 0.25) is 0 Å². The average Bonchev–Trinajstić information content (AvgIpc) is 3.65. The highest BCUT2D eigenvalue weighted by Gasteiger charge is 2.72. The molecule has 7 fully saturated rings. The zero-order valence-electron chi connectivity index (χ0n) is 40.0. The standard InChI is InChI=1S/C48H82O18/c1-22(2)10-9-14-48(8,66-42-39(60)36(57)33(54)26(20-50)62-42)23-11-16-47(7)31(23)24(52)18-29-45(5)15-13-30(44(3,4)28(45)12-17-46(29,47)6)64-43-40(37(58)34(55)27(21-51)63-43)65-41-38(59)35(56)32(53)25(19-49)61-41/h10,23-43,49-60H,9,11-21H2,1-8H3/t23-,24+,25+,26+,27+,28+,29+,30+,31-,32+,33+,34+,35-,36-,37-,38+,39+,40+,41-,42-,43-,45+,46+,47+,48-/m0/s1. The number of rotatable bonds is 13. The van der Waals surface area contributed by atoms with Crippen LogP contribution in [0.15, 0.2) is 11.6 Å². The number of hydrogen-bond acceptors (Lipinski definition) is 18. The Morgan fingerprint density at radius 2 is 1.14 bits per heavy atom. The van der Waals surface area contributed by atoms with Crippen LogP contribution in [0.1, 0.15) is 113 Å². The van der Waals surface area contributed by atoms with Crippen molar-refractivity contribution in [3.8, 4) is 0 Å². The number of allylic oxidation sites excluding steroid dienone is 2. The molecule has 18 heteroatoms. The SMILES string of the molecule is CC(C)=CCC[C@](C)(O[C@@H]1O[C@H](CO)[C@@H](O)[C@H](O)[C@H]1O)[C@H]1CC[C@]2(C)[C@@H]1[C@H](O)C[C@@H]1[C@]3(C)CC[C@@H](O[C@@H]4O[C@H](CO)[C@@H](O)[C@H](O)[C@H]4O[C@@H]4O[C@H](CO)[C@@H](O)[C@H](O)[C@H]4O)C(C)(C)[C@H]3CC[C@]12C. The van der Waals surface area contributed by atoms with Gasteiger partial charge in [-0.1, -0.05) is 46.3 Å². The van der Waals surface area contributed by atoms with Gasteiger partial charge < -0.3 is 89.7 Å². The Labute approximate surface area is 388 Å². The molecule has 4 saturated carbocycles. The molecule has 7 aliphatic rings. The molecular formula is C48H82O18. The largest absolute Gasteiger partial charge is 0.394 e. The third-order valence-corrected chi connectivity index (χ3v) is 18.8. The van der Waals surface area contributed by atoms with Crippen molar-refractivity contribution in [2.75, 3.05) is 19.8 Å². The van der Waals surface area contributed by atoms with E-state index >= 15 is 0 Å². The molecule has 25 atom stereocenters. The Morgan fingerprint density at radius 1 is 0.606 bits per heavy atom. The van der Waals surface area contributed by atoms with Gasteiger partial charge >= 0.3 is 0 Å². The van der Waals surface area contributed by atoms with Crippen LogP contribution < -0.4 is 0 Å². The fourth-order valence-electron chi connectivity index (χ4n) is 14.9. The van der Waals surface area contributed by atoms with Crippen molar-refractivity contribution in [2.45, 2.75) is 223 Å². The van der Waals surface area contributed by atoms with Crippen molar-refractivity contribution in [2.24, 2.45) is 45.3 Å². The summed E-state index contributed by atoms with van der Waals surface area (Å²) in [5, 5.41) is 129. The Kier molecular flexibility index (Phi) is 15.7. The van der Waals surface area contributed by atoms with E-state index < -0.39 is 135 Å². The second kappa shape index (κ2) is 19.6. The van der Waals surface area contributed by atoms with E-state index in [2.05, 4.69) is 40.7 Å². The molecule has 3 heterocycles. The fraction of sp³-hybridized carbons (Fsp3) is 0.958. The maximum absolute atomic E-state index is 12.7. The number of ether oxygens (including phenoxy) is 6. The number of hydrogen-bond donors (Lipinski definition) is 12. The van der Waals surface area contributed by atoms with Crippen LogP contribution in [0.3, 0.4) is 0 Å². The molecule has 0 bridgehead atoms. The van der Waals surface area contributed by atoms with Gasteiger partial charge in [-0.05, 0) is 124 Å². The predicted molar refractivity (Wildman–Crippen MR) is 234 cm³/mol. The molecule has 12 N–H and O–H groups in total.